The van der Waals surface area contributed by atoms with Crippen LogP contribution in [0, 0.1) is 5.92 Å². The first kappa shape index (κ1) is 12.2. The van der Waals surface area contributed by atoms with Gasteiger partial charge >= 0.3 is 0 Å². The van der Waals surface area contributed by atoms with Crippen molar-refractivity contribution in [2.75, 3.05) is 7.05 Å². The first-order valence-corrected chi connectivity index (χ1v) is 4.90. The molecule has 0 bridgehead atoms. The molecule has 78 valence electrons. The molecule has 0 saturated carbocycles. The largest absolute Gasteiger partial charge is 0.322 e. The SMILES string of the molecule is CNNC(CCCCC(C)C)=NN. The Kier molecular flexibility index (Phi) is 7.39. The summed E-state index contributed by atoms with van der Waals surface area (Å²) in [6.45, 7) is 4.48. The van der Waals surface area contributed by atoms with Gasteiger partial charge in [-0.1, -0.05) is 26.7 Å². The van der Waals surface area contributed by atoms with Crippen LogP contribution < -0.4 is 16.7 Å². The van der Waals surface area contributed by atoms with E-state index in [4.69, 9.17) is 5.84 Å². The van der Waals surface area contributed by atoms with E-state index in [0.29, 0.717) is 0 Å². The zero-order valence-electron chi connectivity index (χ0n) is 8.93. The number of hydrogen-bond acceptors (Lipinski definition) is 3. The molecule has 0 aliphatic carbocycles. The van der Waals surface area contributed by atoms with Gasteiger partial charge in [0.15, 0.2) is 0 Å². The molecule has 13 heavy (non-hydrogen) atoms. The third-order valence-electron chi connectivity index (χ3n) is 1.87. The van der Waals surface area contributed by atoms with E-state index in [1.165, 1.54) is 12.8 Å². The first-order chi connectivity index (χ1) is 6.20. The Morgan fingerprint density at radius 1 is 1.38 bits per heavy atom. The number of hydrazine groups is 1. The second-order valence-corrected chi connectivity index (χ2v) is 3.59. The van der Waals surface area contributed by atoms with E-state index in [1.807, 2.05) is 0 Å². The molecule has 0 aromatic heterocycles. The molecule has 0 rings (SSSR count). The van der Waals surface area contributed by atoms with Crippen molar-refractivity contribution in [1.82, 2.24) is 10.9 Å². The summed E-state index contributed by atoms with van der Waals surface area (Å²) in [7, 11) is 1.80. The summed E-state index contributed by atoms with van der Waals surface area (Å²) in [5, 5.41) is 3.64. The average Bonchev–Trinajstić information content (AvgIpc) is 2.10. The Hall–Kier alpha value is -0.770. The molecule has 4 N–H and O–H groups in total. The number of nitrogens with one attached hydrogen (secondary N) is 2. The Labute approximate surface area is 80.9 Å². The molecule has 4 nitrogen and oxygen atoms in total. The van der Waals surface area contributed by atoms with Crippen molar-refractivity contribution in [2.45, 2.75) is 39.5 Å². The van der Waals surface area contributed by atoms with Gasteiger partial charge in [-0.05, 0) is 12.3 Å². The minimum absolute atomic E-state index is 0.788. The van der Waals surface area contributed by atoms with Crippen molar-refractivity contribution in [3.8, 4) is 0 Å². The minimum Gasteiger partial charge on any atom is -0.322 e. The second kappa shape index (κ2) is 7.86. The van der Waals surface area contributed by atoms with Gasteiger partial charge in [0.2, 0.25) is 0 Å². The van der Waals surface area contributed by atoms with Gasteiger partial charge in [-0.15, -0.1) is 0 Å². The van der Waals surface area contributed by atoms with Crippen LogP contribution in [0.5, 0.6) is 0 Å². The van der Waals surface area contributed by atoms with Gasteiger partial charge in [0.25, 0.3) is 0 Å². The topological polar surface area (TPSA) is 62.4 Å². The summed E-state index contributed by atoms with van der Waals surface area (Å²) in [5.74, 6) is 6.80. The average molecular weight is 186 g/mol. The fourth-order valence-corrected chi connectivity index (χ4v) is 1.15. The first-order valence-electron chi connectivity index (χ1n) is 4.90. The van der Waals surface area contributed by atoms with E-state index < -0.39 is 0 Å². The number of rotatable bonds is 6. The highest BCUT2D eigenvalue weighted by Gasteiger charge is 1.98. The van der Waals surface area contributed by atoms with Gasteiger partial charge in [-0.2, -0.15) is 5.10 Å². The Morgan fingerprint density at radius 2 is 2.08 bits per heavy atom. The van der Waals surface area contributed by atoms with Gasteiger partial charge in [0.1, 0.15) is 5.84 Å². The highest BCUT2D eigenvalue weighted by atomic mass is 15.4. The standard InChI is InChI=1S/C9H22N4/c1-8(2)6-4-5-7-9(12-10)13-11-3/h8,11H,4-7,10H2,1-3H3,(H,12,13). The molecular formula is C9H22N4. The van der Waals surface area contributed by atoms with Gasteiger partial charge in [-0.25, -0.2) is 5.43 Å². The highest BCUT2D eigenvalue weighted by Crippen LogP contribution is 2.07. The maximum Gasteiger partial charge on any atom is 0.136 e. The van der Waals surface area contributed by atoms with Crippen molar-refractivity contribution in [1.29, 1.82) is 0 Å². The Morgan fingerprint density at radius 3 is 2.54 bits per heavy atom. The van der Waals surface area contributed by atoms with Crippen LogP contribution in [0.2, 0.25) is 0 Å². The molecule has 0 aliphatic heterocycles. The van der Waals surface area contributed by atoms with E-state index >= 15 is 0 Å². The van der Waals surface area contributed by atoms with Gasteiger partial charge in [-0.3, -0.25) is 0 Å². The fraction of sp³-hybridized carbons (Fsp3) is 0.889. The van der Waals surface area contributed by atoms with Crippen LogP contribution >= 0.6 is 0 Å². The lowest BCUT2D eigenvalue weighted by Gasteiger charge is -2.07. The highest BCUT2D eigenvalue weighted by molar-refractivity contribution is 5.81. The summed E-state index contributed by atoms with van der Waals surface area (Å²) in [5.41, 5.74) is 5.70. The smallest absolute Gasteiger partial charge is 0.136 e. The molecule has 0 unspecified atom stereocenters. The van der Waals surface area contributed by atoms with Crippen molar-refractivity contribution in [3.05, 3.63) is 0 Å². The summed E-state index contributed by atoms with van der Waals surface area (Å²) < 4.78 is 0. The van der Waals surface area contributed by atoms with Gasteiger partial charge in [0.05, 0.1) is 0 Å². The van der Waals surface area contributed by atoms with Crippen molar-refractivity contribution >= 4 is 5.84 Å². The third kappa shape index (κ3) is 7.59. The zero-order valence-corrected chi connectivity index (χ0v) is 8.93. The molecular weight excluding hydrogens is 164 g/mol. The van der Waals surface area contributed by atoms with Crippen LogP contribution in [-0.2, 0) is 0 Å². The monoisotopic (exact) mass is 186 g/mol. The number of nitrogens with zero attached hydrogens (tertiary/aromatic N) is 1. The van der Waals surface area contributed by atoms with Crippen LogP contribution in [0.1, 0.15) is 39.5 Å². The molecule has 0 radical (unpaired) electrons. The maximum absolute atomic E-state index is 5.19. The molecule has 4 heteroatoms. The van der Waals surface area contributed by atoms with Crippen LogP contribution in [0.25, 0.3) is 0 Å². The molecule has 0 fully saturated rings. The number of hydrazone groups is 1. The normalized spacial score (nSPS) is 12.2. The second-order valence-electron chi connectivity index (χ2n) is 3.59. The molecule has 0 atom stereocenters. The number of amidine groups is 1. The summed E-state index contributed by atoms with van der Waals surface area (Å²) in [6, 6.07) is 0. The molecule has 0 aromatic carbocycles. The molecule has 0 heterocycles. The van der Waals surface area contributed by atoms with Crippen LogP contribution in [-0.4, -0.2) is 12.9 Å². The van der Waals surface area contributed by atoms with E-state index in [-0.39, 0.29) is 0 Å². The predicted molar refractivity (Wildman–Crippen MR) is 57.1 cm³/mol. The Bertz CT molecular complexity index is 143. The van der Waals surface area contributed by atoms with Crippen LogP contribution in [0.4, 0.5) is 0 Å². The van der Waals surface area contributed by atoms with E-state index in [9.17, 15) is 0 Å². The summed E-state index contributed by atoms with van der Waals surface area (Å²) in [6.07, 6.45) is 4.58. The predicted octanol–water partition coefficient (Wildman–Crippen LogP) is 1.20. The molecule has 0 spiro atoms. The van der Waals surface area contributed by atoms with Crippen LogP contribution in [0.15, 0.2) is 5.10 Å². The van der Waals surface area contributed by atoms with Gasteiger partial charge in [0, 0.05) is 13.5 Å². The number of nitrogens with two attached hydrogens (primary N) is 1. The molecule has 0 aromatic rings. The van der Waals surface area contributed by atoms with Crippen molar-refractivity contribution in [2.24, 2.45) is 16.9 Å². The fourth-order valence-electron chi connectivity index (χ4n) is 1.15. The number of unbranched alkanes of at least 4 members (excludes halogenated alkanes) is 1. The van der Waals surface area contributed by atoms with Gasteiger partial charge < -0.3 is 11.3 Å². The zero-order chi connectivity index (χ0) is 10.1. The maximum atomic E-state index is 5.19. The summed E-state index contributed by atoms with van der Waals surface area (Å²) >= 11 is 0. The summed E-state index contributed by atoms with van der Waals surface area (Å²) in [4.78, 5) is 0. The van der Waals surface area contributed by atoms with E-state index in [2.05, 4.69) is 29.8 Å². The number of hydrogen-bond donors (Lipinski definition) is 3. The molecule has 0 saturated heterocycles. The lowest BCUT2D eigenvalue weighted by Crippen LogP contribution is -2.34. The van der Waals surface area contributed by atoms with E-state index in [1.54, 1.807) is 7.05 Å². The molecule has 0 aliphatic rings. The van der Waals surface area contributed by atoms with E-state index in [0.717, 1.165) is 24.6 Å². The van der Waals surface area contributed by atoms with Crippen LogP contribution in [0.3, 0.4) is 0 Å². The minimum atomic E-state index is 0.788. The Balaban J connectivity index is 3.39. The lowest BCUT2D eigenvalue weighted by atomic mass is 10.1. The lowest BCUT2D eigenvalue weighted by molar-refractivity contribution is 0.540. The molecule has 0 amide bonds. The quantitative estimate of drug-likeness (QED) is 0.192. The van der Waals surface area contributed by atoms with Crippen molar-refractivity contribution in [3.63, 3.8) is 0 Å². The van der Waals surface area contributed by atoms with Crippen molar-refractivity contribution < 1.29 is 0 Å². The third-order valence-corrected chi connectivity index (χ3v) is 1.87.